The first-order valence-corrected chi connectivity index (χ1v) is 5.80. The van der Waals surface area contributed by atoms with Crippen LogP contribution < -0.4 is 0 Å². The predicted molar refractivity (Wildman–Crippen MR) is 55.7 cm³/mol. The maximum Gasteiger partial charge on any atom is 0.141 e. The number of allylic oxidation sites excluding steroid dienone is 2. The Morgan fingerprint density at radius 3 is 2.93 bits per heavy atom. The summed E-state index contributed by atoms with van der Waals surface area (Å²) >= 11 is 0. The van der Waals surface area contributed by atoms with Crippen LogP contribution in [-0.2, 0) is 4.79 Å². The summed E-state index contributed by atoms with van der Waals surface area (Å²) in [4.78, 5) is 12.1. The molecule has 0 heterocycles. The SMILES string of the molecule is CC1(C)C[C@H]2C3CC=CC3C[C@H]2C1=O. The molecule has 2 fully saturated rings. The Kier molecular flexibility index (Phi) is 1.55. The van der Waals surface area contributed by atoms with Crippen LogP contribution in [0.1, 0.15) is 33.1 Å². The Morgan fingerprint density at radius 1 is 1.36 bits per heavy atom. The van der Waals surface area contributed by atoms with Gasteiger partial charge in [0, 0.05) is 11.3 Å². The zero-order chi connectivity index (χ0) is 9.92. The van der Waals surface area contributed by atoms with Gasteiger partial charge in [0.15, 0.2) is 0 Å². The molecule has 1 heteroatoms. The molecule has 0 aromatic heterocycles. The highest BCUT2D eigenvalue weighted by atomic mass is 16.1. The molecule has 0 spiro atoms. The molecule has 0 radical (unpaired) electrons. The van der Waals surface area contributed by atoms with E-state index in [1.54, 1.807) is 0 Å². The van der Waals surface area contributed by atoms with Crippen LogP contribution >= 0.6 is 0 Å². The van der Waals surface area contributed by atoms with Crippen molar-refractivity contribution in [2.75, 3.05) is 0 Å². The smallest absolute Gasteiger partial charge is 0.141 e. The lowest BCUT2D eigenvalue weighted by Crippen LogP contribution is -2.21. The predicted octanol–water partition coefficient (Wildman–Crippen LogP) is 2.81. The van der Waals surface area contributed by atoms with Crippen LogP contribution in [0.15, 0.2) is 12.2 Å². The number of ketones is 1. The summed E-state index contributed by atoms with van der Waals surface area (Å²) in [5.74, 6) is 3.21. The van der Waals surface area contributed by atoms with Gasteiger partial charge in [-0.15, -0.1) is 0 Å². The minimum Gasteiger partial charge on any atom is -0.299 e. The molecule has 1 nitrogen and oxygen atoms in total. The Balaban J connectivity index is 1.91. The number of carbonyl (C=O) groups is 1. The van der Waals surface area contributed by atoms with Gasteiger partial charge in [0.25, 0.3) is 0 Å². The summed E-state index contributed by atoms with van der Waals surface area (Å²) in [6, 6.07) is 0. The van der Waals surface area contributed by atoms with Gasteiger partial charge in [-0.1, -0.05) is 26.0 Å². The molecule has 76 valence electrons. The van der Waals surface area contributed by atoms with Crippen molar-refractivity contribution < 1.29 is 4.79 Å². The van der Waals surface area contributed by atoms with Gasteiger partial charge in [-0.3, -0.25) is 4.79 Å². The van der Waals surface area contributed by atoms with E-state index < -0.39 is 0 Å². The molecule has 4 atom stereocenters. The van der Waals surface area contributed by atoms with Gasteiger partial charge in [-0.25, -0.2) is 0 Å². The number of hydrogen-bond acceptors (Lipinski definition) is 1. The second-order valence-corrected chi connectivity index (χ2v) is 5.95. The Hall–Kier alpha value is -0.590. The lowest BCUT2D eigenvalue weighted by molar-refractivity contribution is -0.127. The Bertz CT molecular complexity index is 313. The molecule has 2 saturated carbocycles. The van der Waals surface area contributed by atoms with Gasteiger partial charge in [-0.05, 0) is 37.0 Å². The van der Waals surface area contributed by atoms with Gasteiger partial charge >= 0.3 is 0 Å². The fourth-order valence-electron chi connectivity index (χ4n) is 4.03. The van der Waals surface area contributed by atoms with E-state index in [9.17, 15) is 4.79 Å². The van der Waals surface area contributed by atoms with Crippen molar-refractivity contribution >= 4 is 5.78 Å². The van der Waals surface area contributed by atoms with Crippen molar-refractivity contribution in [3.63, 3.8) is 0 Å². The first-order chi connectivity index (χ1) is 6.59. The van der Waals surface area contributed by atoms with Crippen LogP contribution in [0.4, 0.5) is 0 Å². The molecule has 14 heavy (non-hydrogen) atoms. The molecule has 0 aromatic rings. The molecule has 3 aliphatic carbocycles. The number of hydrogen-bond donors (Lipinski definition) is 0. The van der Waals surface area contributed by atoms with Crippen LogP contribution in [0.5, 0.6) is 0 Å². The minimum absolute atomic E-state index is 0.0249. The van der Waals surface area contributed by atoms with Crippen molar-refractivity contribution in [3.05, 3.63) is 12.2 Å². The molecule has 0 aliphatic heterocycles. The number of carbonyl (C=O) groups excluding carboxylic acids is 1. The van der Waals surface area contributed by atoms with Crippen LogP contribution in [0.25, 0.3) is 0 Å². The largest absolute Gasteiger partial charge is 0.299 e. The average Bonchev–Trinajstić information content (AvgIpc) is 2.70. The third-order valence-corrected chi connectivity index (χ3v) is 4.68. The van der Waals surface area contributed by atoms with E-state index in [-0.39, 0.29) is 5.41 Å². The maximum atomic E-state index is 12.1. The summed E-state index contributed by atoms with van der Waals surface area (Å²) in [5.41, 5.74) is -0.0249. The lowest BCUT2D eigenvalue weighted by atomic mass is 9.83. The monoisotopic (exact) mass is 190 g/mol. The Labute approximate surface area is 85.6 Å². The highest BCUT2D eigenvalue weighted by Gasteiger charge is 2.55. The summed E-state index contributed by atoms with van der Waals surface area (Å²) < 4.78 is 0. The van der Waals surface area contributed by atoms with Crippen LogP contribution in [0.2, 0.25) is 0 Å². The fourth-order valence-corrected chi connectivity index (χ4v) is 4.03. The van der Waals surface area contributed by atoms with Crippen LogP contribution in [0, 0.1) is 29.1 Å². The Morgan fingerprint density at radius 2 is 2.14 bits per heavy atom. The normalized spacial score (nSPS) is 48.3. The van der Waals surface area contributed by atoms with Crippen LogP contribution in [0.3, 0.4) is 0 Å². The molecule has 2 unspecified atom stereocenters. The summed E-state index contributed by atoms with van der Waals surface area (Å²) in [6.07, 6.45) is 8.19. The summed E-state index contributed by atoms with van der Waals surface area (Å²) in [6.45, 7) is 4.26. The fraction of sp³-hybridized carbons (Fsp3) is 0.769. The molecule has 3 aliphatic rings. The third-order valence-electron chi connectivity index (χ3n) is 4.68. The van der Waals surface area contributed by atoms with Gasteiger partial charge < -0.3 is 0 Å². The van der Waals surface area contributed by atoms with Gasteiger partial charge in [0.1, 0.15) is 5.78 Å². The maximum absolute atomic E-state index is 12.1. The van der Waals surface area contributed by atoms with Gasteiger partial charge in [-0.2, -0.15) is 0 Å². The van der Waals surface area contributed by atoms with E-state index in [0.717, 1.165) is 24.7 Å². The number of fused-ring (bicyclic) bond motifs is 3. The van der Waals surface area contributed by atoms with Crippen molar-refractivity contribution in [2.24, 2.45) is 29.1 Å². The molecular weight excluding hydrogens is 172 g/mol. The topological polar surface area (TPSA) is 17.1 Å². The number of Topliss-reactive ketones (excluding diaryl/α,β-unsaturated/α-hetero) is 1. The number of rotatable bonds is 0. The van der Waals surface area contributed by atoms with E-state index in [4.69, 9.17) is 0 Å². The second-order valence-electron chi connectivity index (χ2n) is 5.95. The van der Waals surface area contributed by atoms with E-state index >= 15 is 0 Å². The van der Waals surface area contributed by atoms with E-state index in [1.165, 1.54) is 6.42 Å². The molecule has 0 N–H and O–H groups in total. The van der Waals surface area contributed by atoms with Crippen molar-refractivity contribution in [1.29, 1.82) is 0 Å². The molecular formula is C13H18O. The van der Waals surface area contributed by atoms with Crippen molar-refractivity contribution in [3.8, 4) is 0 Å². The van der Waals surface area contributed by atoms with Gasteiger partial charge in [0.05, 0.1) is 0 Å². The molecule has 0 aromatic carbocycles. The average molecular weight is 190 g/mol. The zero-order valence-corrected chi connectivity index (χ0v) is 8.99. The second kappa shape index (κ2) is 2.50. The molecule has 0 saturated heterocycles. The van der Waals surface area contributed by atoms with Crippen molar-refractivity contribution in [1.82, 2.24) is 0 Å². The standard InChI is InChI=1S/C13H18O/c1-13(2)7-11-9-5-3-4-8(9)6-10(11)12(13)14/h3-4,8-11H,5-7H2,1-2H3/t8?,9?,10-,11+/m1/s1. The quantitative estimate of drug-likeness (QED) is 0.537. The van der Waals surface area contributed by atoms with Crippen molar-refractivity contribution in [2.45, 2.75) is 33.1 Å². The minimum atomic E-state index is -0.0249. The van der Waals surface area contributed by atoms with E-state index in [1.807, 2.05) is 0 Å². The van der Waals surface area contributed by atoms with Gasteiger partial charge in [0.2, 0.25) is 0 Å². The highest BCUT2D eigenvalue weighted by Crippen LogP contribution is 2.57. The lowest BCUT2D eigenvalue weighted by Gasteiger charge is -2.20. The zero-order valence-electron chi connectivity index (χ0n) is 8.99. The first-order valence-electron chi connectivity index (χ1n) is 5.80. The first kappa shape index (κ1) is 8.70. The summed E-state index contributed by atoms with van der Waals surface area (Å²) in [5, 5.41) is 0. The van der Waals surface area contributed by atoms with E-state index in [0.29, 0.717) is 17.6 Å². The van der Waals surface area contributed by atoms with E-state index in [2.05, 4.69) is 26.0 Å². The third kappa shape index (κ3) is 0.933. The molecule has 0 amide bonds. The molecule has 3 rings (SSSR count). The summed E-state index contributed by atoms with van der Waals surface area (Å²) in [7, 11) is 0. The van der Waals surface area contributed by atoms with Crippen LogP contribution in [-0.4, -0.2) is 5.78 Å². The highest BCUT2D eigenvalue weighted by molar-refractivity contribution is 5.89. The molecule has 0 bridgehead atoms.